The minimum absolute atomic E-state index is 0.359. The van der Waals surface area contributed by atoms with Crippen molar-refractivity contribution >= 4 is 5.69 Å². The number of hydrogen-bond donors (Lipinski definition) is 1. The maximum absolute atomic E-state index is 4.78. The molecule has 1 aromatic heterocycles. The van der Waals surface area contributed by atoms with Gasteiger partial charge in [-0.25, -0.2) is 9.97 Å². The molecule has 1 N–H and O–H groups in total. The Balaban J connectivity index is 3.02. The Kier molecular flexibility index (Phi) is 7.09. The van der Waals surface area contributed by atoms with E-state index in [0.29, 0.717) is 17.9 Å². The van der Waals surface area contributed by atoms with Crippen LogP contribution in [0.4, 0.5) is 5.69 Å². The molecule has 0 bridgehead atoms. The van der Waals surface area contributed by atoms with Crippen molar-refractivity contribution < 1.29 is 0 Å². The van der Waals surface area contributed by atoms with Crippen LogP contribution in [0, 0.1) is 5.92 Å². The fourth-order valence-corrected chi connectivity index (χ4v) is 2.45. The van der Waals surface area contributed by atoms with Crippen LogP contribution in [0.25, 0.3) is 0 Å². The Morgan fingerprint density at radius 2 is 1.86 bits per heavy atom. The summed E-state index contributed by atoms with van der Waals surface area (Å²) in [6, 6.07) is 0.485. The topological polar surface area (TPSA) is 41.1 Å². The van der Waals surface area contributed by atoms with Gasteiger partial charge in [-0.05, 0) is 25.8 Å². The lowest BCUT2D eigenvalue weighted by molar-refractivity contribution is 0.502. The second-order valence-corrected chi connectivity index (χ2v) is 6.58. The van der Waals surface area contributed by atoms with Gasteiger partial charge in [0.25, 0.3) is 0 Å². The number of nitrogens with zero attached hydrogens (tertiary/aromatic N) is 3. The van der Waals surface area contributed by atoms with Crippen molar-refractivity contribution in [1.29, 1.82) is 0 Å². The zero-order valence-corrected chi connectivity index (χ0v) is 14.8. The molecule has 0 saturated heterocycles. The van der Waals surface area contributed by atoms with E-state index < -0.39 is 0 Å². The first-order chi connectivity index (χ1) is 9.86. The molecule has 0 aliphatic carbocycles. The van der Waals surface area contributed by atoms with E-state index in [2.05, 4.69) is 63.8 Å². The van der Waals surface area contributed by atoms with Gasteiger partial charge in [0.15, 0.2) is 0 Å². The summed E-state index contributed by atoms with van der Waals surface area (Å²) >= 11 is 0. The highest BCUT2D eigenvalue weighted by Gasteiger charge is 2.17. The quantitative estimate of drug-likeness (QED) is 0.795. The SMILES string of the molecule is CCNCc1nc(C(C)C)ncc1N(C)C(C)CC(C)C. The van der Waals surface area contributed by atoms with E-state index >= 15 is 0 Å². The Hall–Kier alpha value is -1.16. The maximum Gasteiger partial charge on any atom is 0.131 e. The molecule has 0 aromatic carbocycles. The third-order valence-corrected chi connectivity index (χ3v) is 3.78. The van der Waals surface area contributed by atoms with Crippen LogP contribution in [-0.4, -0.2) is 29.6 Å². The minimum atomic E-state index is 0.359. The molecule has 0 fully saturated rings. The standard InChI is InChI=1S/C17H32N4/c1-8-18-10-15-16(11-19-17(20-15)13(4)5)21(7)14(6)9-12(2)3/h11-14,18H,8-10H2,1-7H3. The van der Waals surface area contributed by atoms with Crippen LogP contribution in [0.3, 0.4) is 0 Å². The lowest BCUT2D eigenvalue weighted by Crippen LogP contribution is -2.32. The summed E-state index contributed by atoms with van der Waals surface area (Å²) in [5, 5.41) is 3.39. The summed E-state index contributed by atoms with van der Waals surface area (Å²) in [4.78, 5) is 11.6. The predicted molar refractivity (Wildman–Crippen MR) is 90.8 cm³/mol. The van der Waals surface area contributed by atoms with Crippen LogP contribution in [0.5, 0.6) is 0 Å². The smallest absolute Gasteiger partial charge is 0.131 e. The molecule has 0 amide bonds. The fourth-order valence-electron chi connectivity index (χ4n) is 2.45. The third kappa shape index (κ3) is 5.27. The zero-order chi connectivity index (χ0) is 16.0. The molecule has 1 aromatic rings. The summed E-state index contributed by atoms with van der Waals surface area (Å²) in [7, 11) is 2.15. The lowest BCUT2D eigenvalue weighted by atomic mass is 10.0. The molecule has 0 radical (unpaired) electrons. The van der Waals surface area contributed by atoms with Gasteiger partial charge >= 0.3 is 0 Å². The average molecular weight is 292 g/mol. The normalized spacial score (nSPS) is 13.0. The number of hydrogen-bond acceptors (Lipinski definition) is 4. The van der Waals surface area contributed by atoms with Crippen molar-refractivity contribution in [1.82, 2.24) is 15.3 Å². The van der Waals surface area contributed by atoms with Crippen LogP contribution in [0.15, 0.2) is 6.20 Å². The molecule has 1 rings (SSSR count). The molecule has 0 spiro atoms. The molecule has 1 atom stereocenters. The van der Waals surface area contributed by atoms with Gasteiger partial charge < -0.3 is 10.2 Å². The Bertz CT molecular complexity index is 429. The highest BCUT2D eigenvalue weighted by molar-refractivity contribution is 5.49. The predicted octanol–water partition coefficient (Wildman–Crippen LogP) is 3.58. The van der Waals surface area contributed by atoms with Gasteiger partial charge in [0, 0.05) is 25.6 Å². The number of anilines is 1. The van der Waals surface area contributed by atoms with E-state index in [9.17, 15) is 0 Å². The van der Waals surface area contributed by atoms with Gasteiger partial charge in [0.2, 0.25) is 0 Å². The highest BCUT2D eigenvalue weighted by Crippen LogP contribution is 2.23. The molecule has 120 valence electrons. The molecule has 1 unspecified atom stereocenters. The summed E-state index contributed by atoms with van der Waals surface area (Å²) < 4.78 is 0. The number of aromatic nitrogens is 2. The van der Waals surface area contributed by atoms with Gasteiger partial charge in [0.1, 0.15) is 5.82 Å². The second-order valence-electron chi connectivity index (χ2n) is 6.58. The van der Waals surface area contributed by atoms with Crippen LogP contribution >= 0.6 is 0 Å². The van der Waals surface area contributed by atoms with Crippen LogP contribution < -0.4 is 10.2 Å². The first-order valence-corrected chi connectivity index (χ1v) is 8.16. The first kappa shape index (κ1) is 17.9. The zero-order valence-electron chi connectivity index (χ0n) is 14.8. The third-order valence-electron chi connectivity index (χ3n) is 3.78. The Morgan fingerprint density at radius 3 is 2.38 bits per heavy atom. The van der Waals surface area contributed by atoms with Crippen molar-refractivity contribution in [2.24, 2.45) is 5.92 Å². The van der Waals surface area contributed by atoms with Gasteiger partial charge in [-0.1, -0.05) is 34.6 Å². The van der Waals surface area contributed by atoms with E-state index in [4.69, 9.17) is 4.98 Å². The maximum atomic E-state index is 4.78. The minimum Gasteiger partial charge on any atom is -0.369 e. The molecular formula is C17H32N4. The number of rotatable bonds is 8. The molecular weight excluding hydrogens is 260 g/mol. The molecule has 0 saturated carbocycles. The largest absolute Gasteiger partial charge is 0.369 e. The fraction of sp³-hybridized carbons (Fsp3) is 0.765. The van der Waals surface area contributed by atoms with E-state index in [1.165, 1.54) is 6.42 Å². The molecule has 1 heterocycles. The summed E-state index contributed by atoms with van der Waals surface area (Å²) in [5.41, 5.74) is 2.25. The molecule has 21 heavy (non-hydrogen) atoms. The average Bonchev–Trinajstić information content (AvgIpc) is 2.43. The summed E-state index contributed by atoms with van der Waals surface area (Å²) in [6.07, 6.45) is 3.16. The molecule has 0 aliphatic heterocycles. The van der Waals surface area contributed by atoms with E-state index in [0.717, 1.165) is 30.3 Å². The van der Waals surface area contributed by atoms with Crippen molar-refractivity contribution in [3.05, 3.63) is 17.7 Å². The van der Waals surface area contributed by atoms with Crippen molar-refractivity contribution in [2.45, 2.75) is 66.5 Å². The monoisotopic (exact) mass is 292 g/mol. The first-order valence-electron chi connectivity index (χ1n) is 8.16. The van der Waals surface area contributed by atoms with Crippen molar-refractivity contribution in [3.8, 4) is 0 Å². The second kappa shape index (κ2) is 8.32. The van der Waals surface area contributed by atoms with Gasteiger partial charge in [0.05, 0.1) is 17.6 Å². The highest BCUT2D eigenvalue weighted by atomic mass is 15.2. The van der Waals surface area contributed by atoms with Crippen LogP contribution in [0.2, 0.25) is 0 Å². The van der Waals surface area contributed by atoms with Gasteiger partial charge in [-0.15, -0.1) is 0 Å². The van der Waals surface area contributed by atoms with Crippen LogP contribution in [0.1, 0.15) is 65.4 Å². The van der Waals surface area contributed by atoms with E-state index in [1.54, 1.807) is 0 Å². The van der Waals surface area contributed by atoms with E-state index in [-0.39, 0.29) is 0 Å². The molecule has 0 aliphatic rings. The van der Waals surface area contributed by atoms with Crippen LogP contribution in [-0.2, 0) is 6.54 Å². The van der Waals surface area contributed by atoms with Gasteiger partial charge in [-0.3, -0.25) is 0 Å². The Morgan fingerprint density at radius 1 is 1.19 bits per heavy atom. The van der Waals surface area contributed by atoms with Crippen molar-refractivity contribution in [3.63, 3.8) is 0 Å². The molecule has 4 heteroatoms. The lowest BCUT2D eigenvalue weighted by Gasteiger charge is -2.29. The summed E-state index contributed by atoms with van der Waals surface area (Å²) in [5.74, 6) is 1.98. The summed E-state index contributed by atoms with van der Waals surface area (Å²) in [6.45, 7) is 14.9. The van der Waals surface area contributed by atoms with Gasteiger partial charge in [-0.2, -0.15) is 0 Å². The number of nitrogens with one attached hydrogen (secondary N) is 1. The Labute approximate surface area is 130 Å². The van der Waals surface area contributed by atoms with E-state index in [1.807, 2.05) is 6.20 Å². The molecule has 4 nitrogen and oxygen atoms in total. The van der Waals surface area contributed by atoms with Crippen molar-refractivity contribution in [2.75, 3.05) is 18.5 Å².